The summed E-state index contributed by atoms with van der Waals surface area (Å²) >= 11 is 0. The summed E-state index contributed by atoms with van der Waals surface area (Å²) in [5, 5.41) is 13.4. The van der Waals surface area contributed by atoms with Crippen LogP contribution < -0.4 is 16.2 Å². The van der Waals surface area contributed by atoms with Crippen LogP contribution in [0, 0.1) is 15.5 Å². The predicted molar refractivity (Wildman–Crippen MR) is 103 cm³/mol. The minimum atomic E-state index is -0.614. The lowest BCUT2D eigenvalue weighted by Gasteiger charge is -2.17. The smallest absolute Gasteiger partial charge is 0.269 e. The largest absolute Gasteiger partial charge is 0.326 e. The molecule has 0 radical (unpaired) electrons. The summed E-state index contributed by atoms with van der Waals surface area (Å²) in [6.07, 6.45) is 0. The van der Waals surface area contributed by atoms with Crippen molar-refractivity contribution in [2.24, 2.45) is 5.41 Å². The zero-order valence-electron chi connectivity index (χ0n) is 15.6. The van der Waals surface area contributed by atoms with Crippen molar-refractivity contribution in [2.75, 3.05) is 5.32 Å². The van der Waals surface area contributed by atoms with Crippen molar-refractivity contribution in [3.05, 3.63) is 69.8 Å². The van der Waals surface area contributed by atoms with E-state index in [0.29, 0.717) is 5.69 Å². The molecule has 0 aromatic heterocycles. The molecule has 2 rings (SSSR count). The lowest BCUT2D eigenvalue weighted by atomic mass is 9.95. The van der Waals surface area contributed by atoms with Crippen LogP contribution in [0.2, 0.25) is 0 Å². The molecule has 146 valence electrons. The highest BCUT2D eigenvalue weighted by Gasteiger charge is 2.21. The number of carbonyl (C=O) groups excluding carboxylic acids is 3. The highest BCUT2D eigenvalue weighted by atomic mass is 16.6. The number of hydrazine groups is 1. The van der Waals surface area contributed by atoms with E-state index in [-0.39, 0.29) is 22.7 Å². The van der Waals surface area contributed by atoms with Crippen LogP contribution in [0.4, 0.5) is 11.4 Å². The fourth-order valence-electron chi connectivity index (χ4n) is 2.02. The van der Waals surface area contributed by atoms with E-state index in [1.807, 2.05) is 0 Å². The van der Waals surface area contributed by atoms with Gasteiger partial charge in [0.2, 0.25) is 5.91 Å². The van der Waals surface area contributed by atoms with E-state index in [1.165, 1.54) is 36.4 Å². The second kappa shape index (κ2) is 8.30. The first-order valence-corrected chi connectivity index (χ1v) is 8.34. The molecular formula is C19H20N4O5. The predicted octanol–water partition coefficient (Wildman–Crippen LogP) is 2.65. The molecule has 0 heterocycles. The molecule has 0 bridgehead atoms. The van der Waals surface area contributed by atoms with Crippen LogP contribution in [0.1, 0.15) is 41.5 Å². The number of nitro benzene ring substituents is 1. The molecule has 28 heavy (non-hydrogen) atoms. The minimum absolute atomic E-state index is 0.140. The fraction of sp³-hybridized carbons (Fsp3) is 0.211. The van der Waals surface area contributed by atoms with E-state index in [1.54, 1.807) is 32.9 Å². The molecule has 0 unspecified atom stereocenters. The molecule has 3 amide bonds. The number of nitro groups is 1. The van der Waals surface area contributed by atoms with Crippen LogP contribution >= 0.6 is 0 Å². The normalized spacial score (nSPS) is 10.7. The molecule has 0 aliphatic rings. The Bertz CT molecular complexity index is 899. The molecule has 0 aliphatic heterocycles. The number of amides is 3. The number of hydrogen-bond donors (Lipinski definition) is 3. The van der Waals surface area contributed by atoms with Gasteiger partial charge in [0.15, 0.2) is 0 Å². The molecule has 0 saturated carbocycles. The first-order valence-electron chi connectivity index (χ1n) is 8.34. The third kappa shape index (κ3) is 5.37. The molecule has 2 aromatic rings. The maximum Gasteiger partial charge on any atom is 0.269 e. The second-order valence-corrected chi connectivity index (χ2v) is 6.99. The lowest BCUT2D eigenvalue weighted by Crippen LogP contribution is -2.41. The van der Waals surface area contributed by atoms with E-state index in [9.17, 15) is 24.5 Å². The summed E-state index contributed by atoms with van der Waals surface area (Å²) in [5.41, 5.74) is 4.79. The summed E-state index contributed by atoms with van der Waals surface area (Å²) in [6, 6.07) is 11.1. The highest BCUT2D eigenvalue weighted by molar-refractivity contribution is 6.00. The van der Waals surface area contributed by atoms with Crippen LogP contribution in [-0.2, 0) is 4.79 Å². The number of hydrogen-bond acceptors (Lipinski definition) is 5. The van der Waals surface area contributed by atoms with Gasteiger partial charge < -0.3 is 5.32 Å². The molecule has 0 atom stereocenters. The number of anilines is 1. The SMILES string of the molecule is CC(C)(C)C(=O)Nc1ccc(C(=O)NNC(=O)c2ccc([N+](=O)[O-])cc2)cc1. The van der Waals surface area contributed by atoms with Gasteiger partial charge in [0.25, 0.3) is 17.5 Å². The summed E-state index contributed by atoms with van der Waals surface area (Å²) in [6.45, 7) is 5.37. The van der Waals surface area contributed by atoms with Gasteiger partial charge in [0.05, 0.1) is 4.92 Å². The Labute approximate surface area is 161 Å². The van der Waals surface area contributed by atoms with E-state index in [0.717, 1.165) is 0 Å². The Morgan fingerprint density at radius 3 is 1.64 bits per heavy atom. The van der Waals surface area contributed by atoms with E-state index >= 15 is 0 Å². The molecule has 9 nitrogen and oxygen atoms in total. The lowest BCUT2D eigenvalue weighted by molar-refractivity contribution is -0.384. The van der Waals surface area contributed by atoms with Gasteiger partial charge in [0.1, 0.15) is 0 Å². The van der Waals surface area contributed by atoms with Crippen LogP contribution in [-0.4, -0.2) is 22.6 Å². The zero-order chi connectivity index (χ0) is 20.9. The summed E-state index contributed by atoms with van der Waals surface area (Å²) in [5.74, 6) is -1.32. The summed E-state index contributed by atoms with van der Waals surface area (Å²) in [7, 11) is 0. The van der Waals surface area contributed by atoms with Crippen molar-refractivity contribution in [1.29, 1.82) is 0 Å². The third-order valence-corrected chi connectivity index (χ3v) is 3.72. The van der Waals surface area contributed by atoms with Gasteiger partial charge in [-0.25, -0.2) is 0 Å². The van der Waals surface area contributed by atoms with Crippen molar-refractivity contribution in [2.45, 2.75) is 20.8 Å². The van der Waals surface area contributed by atoms with E-state index in [4.69, 9.17) is 0 Å². The van der Waals surface area contributed by atoms with Gasteiger partial charge in [-0.3, -0.25) is 35.3 Å². The molecular weight excluding hydrogens is 364 g/mol. The van der Waals surface area contributed by atoms with Crippen LogP contribution in [0.5, 0.6) is 0 Å². The molecule has 0 fully saturated rings. The van der Waals surface area contributed by atoms with Gasteiger partial charge >= 0.3 is 0 Å². The van der Waals surface area contributed by atoms with Gasteiger partial charge in [-0.2, -0.15) is 0 Å². The number of nitrogens with zero attached hydrogens (tertiary/aromatic N) is 1. The molecule has 0 spiro atoms. The van der Waals surface area contributed by atoms with Crippen LogP contribution in [0.15, 0.2) is 48.5 Å². The average molecular weight is 384 g/mol. The van der Waals surface area contributed by atoms with Crippen molar-refractivity contribution in [3.63, 3.8) is 0 Å². The van der Waals surface area contributed by atoms with Gasteiger partial charge in [-0.15, -0.1) is 0 Å². The van der Waals surface area contributed by atoms with Crippen molar-refractivity contribution >= 4 is 29.1 Å². The van der Waals surface area contributed by atoms with Crippen molar-refractivity contribution < 1.29 is 19.3 Å². The second-order valence-electron chi connectivity index (χ2n) is 6.99. The van der Waals surface area contributed by atoms with Gasteiger partial charge in [-0.1, -0.05) is 20.8 Å². The van der Waals surface area contributed by atoms with Crippen molar-refractivity contribution in [3.8, 4) is 0 Å². The number of rotatable bonds is 4. The third-order valence-electron chi connectivity index (χ3n) is 3.72. The Kier molecular flexibility index (Phi) is 6.09. The van der Waals surface area contributed by atoms with E-state index in [2.05, 4.69) is 16.2 Å². The highest BCUT2D eigenvalue weighted by Crippen LogP contribution is 2.17. The van der Waals surface area contributed by atoms with Crippen LogP contribution in [0.3, 0.4) is 0 Å². The molecule has 3 N–H and O–H groups in total. The Morgan fingerprint density at radius 2 is 1.25 bits per heavy atom. The maximum absolute atomic E-state index is 12.1. The molecule has 2 aromatic carbocycles. The number of nitrogens with one attached hydrogen (secondary N) is 3. The van der Waals surface area contributed by atoms with Gasteiger partial charge in [0, 0.05) is 34.4 Å². The quantitative estimate of drug-likeness (QED) is 0.551. The first-order chi connectivity index (χ1) is 13.1. The van der Waals surface area contributed by atoms with Crippen LogP contribution in [0.25, 0.3) is 0 Å². The maximum atomic E-state index is 12.1. The molecule has 0 saturated heterocycles. The van der Waals surface area contributed by atoms with E-state index < -0.39 is 22.2 Å². The Morgan fingerprint density at radius 1 is 0.821 bits per heavy atom. The average Bonchev–Trinajstić information content (AvgIpc) is 2.65. The fourth-order valence-corrected chi connectivity index (χ4v) is 2.02. The zero-order valence-corrected chi connectivity index (χ0v) is 15.6. The topological polar surface area (TPSA) is 130 Å². The molecule has 0 aliphatic carbocycles. The Balaban J connectivity index is 1.93. The summed E-state index contributed by atoms with van der Waals surface area (Å²) in [4.78, 5) is 46.1. The number of non-ortho nitro benzene ring substituents is 1. The standard InChI is InChI=1S/C19H20N4O5/c1-19(2,3)18(26)20-14-8-4-12(5-9-14)16(24)21-22-17(25)13-6-10-15(11-7-13)23(27)28/h4-11H,1-3H3,(H,20,26)(H,21,24)(H,22,25). The Hall–Kier alpha value is -3.75. The number of carbonyl (C=O) groups is 3. The number of benzene rings is 2. The summed E-state index contributed by atoms with van der Waals surface area (Å²) < 4.78 is 0. The first kappa shape index (κ1) is 20.6. The monoisotopic (exact) mass is 384 g/mol. The van der Waals surface area contributed by atoms with Gasteiger partial charge in [-0.05, 0) is 36.4 Å². The minimum Gasteiger partial charge on any atom is -0.326 e. The van der Waals surface area contributed by atoms with Crippen molar-refractivity contribution in [1.82, 2.24) is 10.9 Å². The molecule has 9 heteroatoms.